The molecule has 1 aromatic heterocycles. The highest BCUT2D eigenvalue weighted by atomic mass is 16.5. The maximum absolute atomic E-state index is 5.42. The van der Waals surface area contributed by atoms with E-state index in [2.05, 4.69) is 53.4 Å². The Morgan fingerprint density at radius 3 is 2.20 bits per heavy atom. The van der Waals surface area contributed by atoms with Crippen LogP contribution in [0, 0.1) is 13.8 Å². The largest absolute Gasteiger partial charge is 0.493 e. The fourth-order valence-corrected chi connectivity index (χ4v) is 2.83. The standard InChI is InChI=1S/C20H23N3O2/c1-12-6-8-15(9-7-12)13(2)21-20-16-10-18(24-4)19(25-5)11-17(16)22-14(3)23-20/h6-11,13H,1-5H3,(H,21,22,23). The topological polar surface area (TPSA) is 56.3 Å². The second-order valence-corrected chi connectivity index (χ2v) is 6.12. The summed E-state index contributed by atoms with van der Waals surface area (Å²) in [5, 5.41) is 4.41. The summed E-state index contributed by atoms with van der Waals surface area (Å²) in [5.41, 5.74) is 3.27. The van der Waals surface area contributed by atoms with Gasteiger partial charge in [0.25, 0.3) is 0 Å². The molecule has 3 rings (SSSR count). The van der Waals surface area contributed by atoms with Gasteiger partial charge in [0.2, 0.25) is 0 Å². The van der Waals surface area contributed by atoms with Crippen molar-refractivity contribution < 1.29 is 9.47 Å². The van der Waals surface area contributed by atoms with E-state index in [9.17, 15) is 0 Å². The van der Waals surface area contributed by atoms with E-state index in [1.807, 2.05) is 19.1 Å². The van der Waals surface area contributed by atoms with E-state index >= 15 is 0 Å². The molecule has 5 heteroatoms. The summed E-state index contributed by atoms with van der Waals surface area (Å²) < 4.78 is 10.8. The van der Waals surface area contributed by atoms with Crippen molar-refractivity contribution in [3.63, 3.8) is 0 Å². The predicted octanol–water partition coefficient (Wildman–Crippen LogP) is 4.44. The highest BCUT2D eigenvalue weighted by molar-refractivity contribution is 5.92. The molecule has 0 spiro atoms. The van der Waals surface area contributed by atoms with Gasteiger partial charge in [-0.3, -0.25) is 0 Å². The molecule has 0 aliphatic heterocycles. The average Bonchev–Trinajstić information content (AvgIpc) is 2.61. The molecule has 0 aliphatic rings. The zero-order valence-electron chi connectivity index (χ0n) is 15.3. The maximum Gasteiger partial charge on any atom is 0.162 e. The molecule has 3 aromatic rings. The number of hydrogen-bond donors (Lipinski definition) is 1. The van der Waals surface area contributed by atoms with Crippen molar-refractivity contribution in [2.45, 2.75) is 26.8 Å². The molecule has 1 N–H and O–H groups in total. The fourth-order valence-electron chi connectivity index (χ4n) is 2.83. The normalized spacial score (nSPS) is 12.0. The first-order valence-corrected chi connectivity index (χ1v) is 8.25. The van der Waals surface area contributed by atoms with Crippen molar-refractivity contribution >= 4 is 16.7 Å². The fraction of sp³-hybridized carbons (Fsp3) is 0.300. The number of hydrogen-bond acceptors (Lipinski definition) is 5. The number of benzene rings is 2. The van der Waals surface area contributed by atoms with Crippen LogP contribution in [0.3, 0.4) is 0 Å². The third-order valence-electron chi connectivity index (χ3n) is 4.24. The van der Waals surface area contributed by atoms with Crippen molar-refractivity contribution in [2.24, 2.45) is 0 Å². The molecular weight excluding hydrogens is 314 g/mol. The predicted molar refractivity (Wildman–Crippen MR) is 101 cm³/mol. The molecule has 0 amide bonds. The molecule has 2 aromatic carbocycles. The van der Waals surface area contributed by atoms with Crippen LogP contribution in [0.5, 0.6) is 11.5 Å². The van der Waals surface area contributed by atoms with Gasteiger partial charge in [-0.15, -0.1) is 0 Å². The smallest absolute Gasteiger partial charge is 0.162 e. The van der Waals surface area contributed by atoms with Crippen molar-refractivity contribution in [1.82, 2.24) is 9.97 Å². The molecule has 0 radical (unpaired) electrons. The van der Waals surface area contributed by atoms with E-state index in [-0.39, 0.29) is 6.04 Å². The summed E-state index contributed by atoms with van der Waals surface area (Å²) in [4.78, 5) is 9.12. The monoisotopic (exact) mass is 337 g/mol. The number of ether oxygens (including phenoxy) is 2. The van der Waals surface area contributed by atoms with Crippen LogP contribution in [0.4, 0.5) is 5.82 Å². The van der Waals surface area contributed by atoms with Gasteiger partial charge in [-0.05, 0) is 32.4 Å². The lowest BCUT2D eigenvalue weighted by Crippen LogP contribution is -2.09. The van der Waals surface area contributed by atoms with Crippen LogP contribution in [-0.2, 0) is 0 Å². The van der Waals surface area contributed by atoms with Gasteiger partial charge in [0, 0.05) is 17.5 Å². The Kier molecular flexibility index (Phi) is 4.74. The van der Waals surface area contributed by atoms with Crippen LogP contribution < -0.4 is 14.8 Å². The highest BCUT2D eigenvalue weighted by Gasteiger charge is 2.14. The minimum Gasteiger partial charge on any atom is -0.493 e. The van der Waals surface area contributed by atoms with E-state index in [4.69, 9.17) is 9.47 Å². The van der Waals surface area contributed by atoms with E-state index in [0.29, 0.717) is 17.3 Å². The number of aryl methyl sites for hydroxylation is 2. The van der Waals surface area contributed by atoms with Crippen LogP contribution in [0.25, 0.3) is 10.9 Å². The van der Waals surface area contributed by atoms with Crippen molar-refractivity contribution in [1.29, 1.82) is 0 Å². The van der Waals surface area contributed by atoms with Crippen LogP contribution in [-0.4, -0.2) is 24.2 Å². The van der Waals surface area contributed by atoms with Gasteiger partial charge in [-0.25, -0.2) is 9.97 Å². The van der Waals surface area contributed by atoms with Crippen molar-refractivity contribution in [3.05, 3.63) is 53.3 Å². The minimum atomic E-state index is 0.117. The second kappa shape index (κ2) is 6.97. The van der Waals surface area contributed by atoms with Crippen LogP contribution in [0.2, 0.25) is 0 Å². The third kappa shape index (κ3) is 3.50. The van der Waals surface area contributed by atoms with E-state index in [1.165, 1.54) is 11.1 Å². The molecule has 1 atom stereocenters. The molecule has 0 bridgehead atoms. The summed E-state index contributed by atoms with van der Waals surface area (Å²) in [6, 6.07) is 12.4. The van der Waals surface area contributed by atoms with E-state index in [1.54, 1.807) is 14.2 Å². The molecule has 130 valence electrons. The SMILES string of the molecule is COc1cc2nc(C)nc(NC(C)c3ccc(C)cc3)c2cc1OC. The Morgan fingerprint density at radius 2 is 1.56 bits per heavy atom. The maximum atomic E-state index is 5.42. The van der Waals surface area contributed by atoms with Gasteiger partial charge in [0.15, 0.2) is 11.5 Å². The Labute approximate surface area is 148 Å². The number of rotatable bonds is 5. The van der Waals surface area contributed by atoms with Crippen molar-refractivity contribution in [3.8, 4) is 11.5 Å². The number of nitrogens with zero attached hydrogens (tertiary/aromatic N) is 2. The summed E-state index contributed by atoms with van der Waals surface area (Å²) in [5.74, 6) is 2.81. The molecular formula is C20H23N3O2. The first-order chi connectivity index (χ1) is 12.0. The first kappa shape index (κ1) is 17.0. The van der Waals surface area contributed by atoms with E-state index < -0.39 is 0 Å². The molecule has 1 unspecified atom stereocenters. The zero-order valence-corrected chi connectivity index (χ0v) is 15.3. The zero-order chi connectivity index (χ0) is 18.0. The van der Waals surface area contributed by atoms with Crippen molar-refractivity contribution in [2.75, 3.05) is 19.5 Å². The third-order valence-corrected chi connectivity index (χ3v) is 4.24. The molecule has 5 nitrogen and oxygen atoms in total. The van der Waals surface area contributed by atoms with Crippen LogP contribution in [0.1, 0.15) is 29.9 Å². The lowest BCUT2D eigenvalue weighted by atomic mass is 10.1. The quantitative estimate of drug-likeness (QED) is 0.746. The summed E-state index contributed by atoms with van der Waals surface area (Å²) in [6.45, 7) is 6.09. The second-order valence-electron chi connectivity index (χ2n) is 6.12. The molecule has 25 heavy (non-hydrogen) atoms. The van der Waals surface area contributed by atoms with Gasteiger partial charge < -0.3 is 14.8 Å². The molecule has 0 aliphatic carbocycles. The Balaban J connectivity index is 2.03. The Bertz CT molecular complexity index is 892. The van der Waals surface area contributed by atoms with Crippen LogP contribution in [0.15, 0.2) is 36.4 Å². The minimum absolute atomic E-state index is 0.117. The van der Waals surface area contributed by atoms with E-state index in [0.717, 1.165) is 16.7 Å². The number of anilines is 1. The Morgan fingerprint density at radius 1 is 0.920 bits per heavy atom. The summed E-state index contributed by atoms with van der Waals surface area (Å²) in [6.07, 6.45) is 0. The molecule has 1 heterocycles. The lowest BCUT2D eigenvalue weighted by Gasteiger charge is -2.18. The molecule has 0 saturated heterocycles. The van der Waals surface area contributed by atoms with Gasteiger partial charge in [-0.2, -0.15) is 0 Å². The summed E-state index contributed by atoms with van der Waals surface area (Å²) in [7, 11) is 3.25. The lowest BCUT2D eigenvalue weighted by molar-refractivity contribution is 0.356. The first-order valence-electron chi connectivity index (χ1n) is 8.25. The van der Waals surface area contributed by atoms with Crippen LogP contribution >= 0.6 is 0 Å². The number of fused-ring (bicyclic) bond motifs is 1. The molecule has 0 fully saturated rings. The van der Waals surface area contributed by atoms with Gasteiger partial charge in [0.1, 0.15) is 11.6 Å². The number of aromatic nitrogens is 2. The highest BCUT2D eigenvalue weighted by Crippen LogP contribution is 2.35. The molecule has 0 saturated carbocycles. The average molecular weight is 337 g/mol. The Hall–Kier alpha value is -2.82. The number of methoxy groups -OCH3 is 2. The van der Waals surface area contributed by atoms with Gasteiger partial charge in [0.05, 0.1) is 19.7 Å². The van der Waals surface area contributed by atoms with Gasteiger partial charge in [-0.1, -0.05) is 29.8 Å². The summed E-state index contributed by atoms with van der Waals surface area (Å²) >= 11 is 0. The number of nitrogens with one attached hydrogen (secondary N) is 1. The van der Waals surface area contributed by atoms with Gasteiger partial charge >= 0.3 is 0 Å².